The predicted molar refractivity (Wildman–Crippen MR) is 116 cm³/mol. The first-order valence-electron chi connectivity index (χ1n) is 10.3. The fraction of sp³-hybridized carbons (Fsp3) is 0.348. The molecule has 0 atom stereocenters. The fourth-order valence-corrected chi connectivity index (χ4v) is 3.75. The maximum atomic E-state index is 12.5. The molecule has 0 bridgehead atoms. The summed E-state index contributed by atoms with van der Waals surface area (Å²) in [6, 6.07) is 17.7. The molecule has 0 radical (unpaired) electrons. The summed E-state index contributed by atoms with van der Waals surface area (Å²) < 4.78 is 5.41. The molecule has 1 fully saturated rings. The molecule has 2 heterocycles. The molecule has 1 aliphatic heterocycles. The van der Waals surface area contributed by atoms with Gasteiger partial charge >= 0.3 is 0 Å². The topological polar surface area (TPSA) is 62.5 Å². The number of carbonyl (C=O) groups is 1. The summed E-state index contributed by atoms with van der Waals surface area (Å²) in [6.07, 6.45) is 2.43. The molecule has 0 spiro atoms. The van der Waals surface area contributed by atoms with Crippen LogP contribution in [0.2, 0.25) is 5.02 Å². The van der Waals surface area contributed by atoms with Crippen molar-refractivity contribution in [3.8, 4) is 11.4 Å². The van der Waals surface area contributed by atoms with Crippen LogP contribution in [-0.2, 0) is 17.8 Å². The second-order valence-electron chi connectivity index (χ2n) is 7.51. The van der Waals surface area contributed by atoms with Crippen LogP contribution in [0.15, 0.2) is 59.1 Å². The molecule has 7 heteroatoms. The minimum absolute atomic E-state index is 0.244. The Labute approximate surface area is 181 Å². The summed E-state index contributed by atoms with van der Waals surface area (Å²) in [5, 5.41) is 4.74. The van der Waals surface area contributed by atoms with Gasteiger partial charge in [-0.25, -0.2) is 0 Å². The highest BCUT2D eigenvalue weighted by Crippen LogP contribution is 2.19. The van der Waals surface area contributed by atoms with Crippen LogP contribution in [-0.4, -0.2) is 52.0 Å². The van der Waals surface area contributed by atoms with E-state index in [1.54, 1.807) is 0 Å². The number of benzene rings is 2. The van der Waals surface area contributed by atoms with Gasteiger partial charge in [-0.15, -0.1) is 0 Å². The zero-order chi connectivity index (χ0) is 20.8. The summed E-state index contributed by atoms with van der Waals surface area (Å²) in [6.45, 7) is 3.69. The van der Waals surface area contributed by atoms with Gasteiger partial charge in [0.2, 0.25) is 17.6 Å². The van der Waals surface area contributed by atoms with Crippen molar-refractivity contribution in [2.75, 3.05) is 26.2 Å². The standard InChI is InChI=1S/C23H25ClN4O2/c24-20-11-9-19(10-12-20)23-25-21(30-26-23)17-27-13-15-28(16-14-27)22(29)8-4-7-18-5-2-1-3-6-18/h1-3,5-6,9-12H,4,7-8,13-17H2. The third-order valence-electron chi connectivity index (χ3n) is 5.35. The minimum atomic E-state index is 0.244. The first kappa shape index (κ1) is 20.6. The van der Waals surface area contributed by atoms with Crippen LogP contribution in [0.1, 0.15) is 24.3 Å². The lowest BCUT2D eigenvalue weighted by Gasteiger charge is -2.34. The van der Waals surface area contributed by atoms with Gasteiger partial charge in [0.1, 0.15) is 0 Å². The van der Waals surface area contributed by atoms with Crippen molar-refractivity contribution in [3.63, 3.8) is 0 Å². The predicted octanol–water partition coefficient (Wildman–Crippen LogP) is 4.06. The van der Waals surface area contributed by atoms with E-state index >= 15 is 0 Å². The molecule has 0 saturated carbocycles. The molecule has 4 rings (SSSR count). The number of aryl methyl sites for hydroxylation is 1. The normalized spacial score (nSPS) is 14.8. The fourth-order valence-electron chi connectivity index (χ4n) is 3.63. The summed E-state index contributed by atoms with van der Waals surface area (Å²) >= 11 is 5.92. The Bertz CT molecular complexity index is 951. The van der Waals surface area contributed by atoms with Crippen LogP contribution in [0.25, 0.3) is 11.4 Å². The van der Waals surface area contributed by atoms with Crippen molar-refractivity contribution in [2.45, 2.75) is 25.8 Å². The average molecular weight is 425 g/mol. The highest BCUT2D eigenvalue weighted by Gasteiger charge is 2.22. The molecule has 6 nitrogen and oxygen atoms in total. The highest BCUT2D eigenvalue weighted by atomic mass is 35.5. The van der Waals surface area contributed by atoms with E-state index in [0.29, 0.717) is 29.7 Å². The highest BCUT2D eigenvalue weighted by molar-refractivity contribution is 6.30. The molecule has 1 saturated heterocycles. The lowest BCUT2D eigenvalue weighted by atomic mass is 10.1. The second kappa shape index (κ2) is 9.87. The van der Waals surface area contributed by atoms with Gasteiger partial charge in [0.15, 0.2) is 0 Å². The Morgan fingerprint density at radius 2 is 1.73 bits per heavy atom. The van der Waals surface area contributed by atoms with Crippen LogP contribution in [0.5, 0.6) is 0 Å². The minimum Gasteiger partial charge on any atom is -0.340 e. The number of halogens is 1. The Morgan fingerprint density at radius 1 is 1.00 bits per heavy atom. The van der Waals surface area contributed by atoms with Gasteiger partial charge in [-0.2, -0.15) is 4.98 Å². The van der Waals surface area contributed by atoms with Crippen molar-refractivity contribution < 1.29 is 9.32 Å². The number of aromatic nitrogens is 2. The molecule has 2 aromatic carbocycles. The van der Waals surface area contributed by atoms with Gasteiger partial charge < -0.3 is 9.42 Å². The molecule has 1 aliphatic rings. The van der Waals surface area contributed by atoms with Crippen LogP contribution < -0.4 is 0 Å². The number of hydrogen-bond donors (Lipinski definition) is 0. The SMILES string of the molecule is O=C(CCCc1ccccc1)N1CCN(Cc2nc(-c3ccc(Cl)cc3)no2)CC1. The third-order valence-corrected chi connectivity index (χ3v) is 5.61. The van der Waals surface area contributed by atoms with E-state index in [1.807, 2.05) is 47.4 Å². The number of carbonyl (C=O) groups excluding carboxylic acids is 1. The zero-order valence-electron chi connectivity index (χ0n) is 16.8. The molecule has 0 N–H and O–H groups in total. The molecule has 1 amide bonds. The smallest absolute Gasteiger partial charge is 0.241 e. The van der Waals surface area contributed by atoms with Crippen molar-refractivity contribution in [3.05, 3.63) is 71.1 Å². The number of rotatable bonds is 7. The van der Waals surface area contributed by atoms with Gasteiger partial charge in [0, 0.05) is 43.2 Å². The maximum absolute atomic E-state index is 12.5. The van der Waals surface area contributed by atoms with Crippen molar-refractivity contribution in [1.82, 2.24) is 19.9 Å². The van der Waals surface area contributed by atoms with E-state index in [2.05, 4.69) is 27.2 Å². The van der Waals surface area contributed by atoms with Crippen LogP contribution in [0, 0.1) is 0 Å². The van der Waals surface area contributed by atoms with E-state index in [1.165, 1.54) is 5.56 Å². The number of piperazine rings is 1. The molecular formula is C23H25ClN4O2. The van der Waals surface area contributed by atoms with E-state index < -0.39 is 0 Å². The molecule has 30 heavy (non-hydrogen) atoms. The number of amides is 1. The lowest BCUT2D eigenvalue weighted by Crippen LogP contribution is -2.48. The first-order chi connectivity index (χ1) is 14.7. The number of hydrogen-bond acceptors (Lipinski definition) is 5. The third kappa shape index (κ3) is 5.46. The molecule has 0 unspecified atom stereocenters. The summed E-state index contributed by atoms with van der Waals surface area (Å²) in [4.78, 5) is 21.2. The van der Waals surface area contributed by atoms with Crippen LogP contribution >= 0.6 is 11.6 Å². The van der Waals surface area contributed by atoms with E-state index in [4.69, 9.17) is 16.1 Å². The summed E-state index contributed by atoms with van der Waals surface area (Å²) in [5.41, 5.74) is 2.16. The molecule has 0 aliphatic carbocycles. The van der Waals surface area contributed by atoms with Gasteiger partial charge in [0.25, 0.3) is 0 Å². The summed E-state index contributed by atoms with van der Waals surface area (Å²) in [7, 11) is 0. The van der Waals surface area contributed by atoms with E-state index in [-0.39, 0.29) is 5.91 Å². The first-order valence-corrected chi connectivity index (χ1v) is 10.7. The Morgan fingerprint density at radius 3 is 2.47 bits per heavy atom. The van der Waals surface area contributed by atoms with Gasteiger partial charge in [-0.1, -0.05) is 47.1 Å². The average Bonchev–Trinajstić information content (AvgIpc) is 3.24. The van der Waals surface area contributed by atoms with E-state index in [0.717, 1.165) is 44.6 Å². The van der Waals surface area contributed by atoms with Crippen LogP contribution in [0.3, 0.4) is 0 Å². The van der Waals surface area contributed by atoms with Crippen molar-refractivity contribution in [1.29, 1.82) is 0 Å². The monoisotopic (exact) mass is 424 g/mol. The molecule has 1 aromatic heterocycles. The molecular weight excluding hydrogens is 400 g/mol. The zero-order valence-corrected chi connectivity index (χ0v) is 17.6. The molecule has 3 aromatic rings. The second-order valence-corrected chi connectivity index (χ2v) is 7.95. The van der Waals surface area contributed by atoms with Gasteiger partial charge in [-0.3, -0.25) is 9.69 Å². The number of nitrogens with zero attached hydrogens (tertiary/aromatic N) is 4. The lowest BCUT2D eigenvalue weighted by molar-refractivity contribution is -0.133. The summed E-state index contributed by atoms with van der Waals surface area (Å²) in [5.74, 6) is 1.39. The van der Waals surface area contributed by atoms with Gasteiger partial charge in [-0.05, 0) is 42.7 Å². The van der Waals surface area contributed by atoms with Crippen molar-refractivity contribution in [2.24, 2.45) is 0 Å². The van der Waals surface area contributed by atoms with Crippen LogP contribution in [0.4, 0.5) is 0 Å². The Balaban J connectivity index is 1.21. The quantitative estimate of drug-likeness (QED) is 0.572. The van der Waals surface area contributed by atoms with E-state index in [9.17, 15) is 4.79 Å². The molecule has 156 valence electrons. The maximum Gasteiger partial charge on any atom is 0.241 e. The Hall–Kier alpha value is -2.70. The Kier molecular flexibility index (Phi) is 6.77. The van der Waals surface area contributed by atoms with Crippen molar-refractivity contribution >= 4 is 17.5 Å². The largest absolute Gasteiger partial charge is 0.340 e. The van der Waals surface area contributed by atoms with Gasteiger partial charge in [0.05, 0.1) is 6.54 Å².